The first-order valence-electron chi connectivity index (χ1n) is 5.49. The van der Waals surface area contributed by atoms with Gasteiger partial charge in [-0.15, -0.1) is 0 Å². The molecule has 1 rings (SSSR count). The van der Waals surface area contributed by atoms with Crippen LogP contribution in [-0.4, -0.2) is 43.8 Å². The average molecular weight is 235 g/mol. The topological polar surface area (TPSA) is 46.6 Å². The van der Waals surface area contributed by atoms with Gasteiger partial charge in [-0.3, -0.25) is 0 Å². The molecule has 0 aromatic rings. The number of rotatable bonds is 4. The van der Waals surface area contributed by atoms with Crippen LogP contribution in [0.2, 0.25) is 0 Å². The molecule has 5 heteroatoms. The second-order valence-electron chi connectivity index (χ2n) is 4.53. The SMILES string of the molecule is CCCC(C)(C)S(=O)(=O)N1CCOCC1. The third kappa shape index (κ3) is 2.71. The van der Waals surface area contributed by atoms with E-state index in [1.807, 2.05) is 6.92 Å². The molecule has 0 aromatic carbocycles. The summed E-state index contributed by atoms with van der Waals surface area (Å²) < 4.78 is 30.6. The molecule has 0 aromatic heterocycles. The van der Waals surface area contributed by atoms with Crippen LogP contribution < -0.4 is 0 Å². The number of morpholine rings is 1. The molecule has 15 heavy (non-hydrogen) atoms. The summed E-state index contributed by atoms with van der Waals surface area (Å²) in [6.45, 7) is 7.65. The zero-order valence-corrected chi connectivity index (χ0v) is 10.6. The van der Waals surface area contributed by atoms with E-state index in [1.54, 1.807) is 18.2 Å². The first-order chi connectivity index (χ1) is 6.92. The molecule has 0 amide bonds. The first-order valence-corrected chi connectivity index (χ1v) is 6.93. The minimum atomic E-state index is -3.17. The van der Waals surface area contributed by atoms with E-state index in [-0.39, 0.29) is 0 Å². The van der Waals surface area contributed by atoms with Crippen LogP contribution in [-0.2, 0) is 14.8 Å². The molecule has 0 aliphatic carbocycles. The normalized spacial score (nSPS) is 20.5. The largest absolute Gasteiger partial charge is 0.379 e. The average Bonchev–Trinajstić information content (AvgIpc) is 2.19. The lowest BCUT2D eigenvalue weighted by Crippen LogP contribution is -2.49. The van der Waals surface area contributed by atoms with E-state index in [2.05, 4.69) is 0 Å². The monoisotopic (exact) mass is 235 g/mol. The van der Waals surface area contributed by atoms with Gasteiger partial charge in [-0.2, -0.15) is 4.31 Å². The molecule has 0 saturated carbocycles. The predicted octanol–water partition coefficient (Wildman–Crippen LogP) is 1.23. The summed E-state index contributed by atoms with van der Waals surface area (Å²) in [5, 5.41) is 0. The molecular weight excluding hydrogens is 214 g/mol. The highest BCUT2D eigenvalue weighted by Crippen LogP contribution is 2.26. The molecule has 90 valence electrons. The molecule has 1 heterocycles. The van der Waals surface area contributed by atoms with Gasteiger partial charge in [0.1, 0.15) is 0 Å². The first kappa shape index (κ1) is 12.9. The Bertz CT molecular complexity index is 292. The van der Waals surface area contributed by atoms with Crippen LogP contribution in [0.3, 0.4) is 0 Å². The molecular formula is C10H21NO3S. The van der Waals surface area contributed by atoms with Crippen molar-refractivity contribution in [1.29, 1.82) is 0 Å². The van der Waals surface area contributed by atoms with E-state index >= 15 is 0 Å². The lowest BCUT2D eigenvalue weighted by molar-refractivity contribution is 0.0719. The number of sulfonamides is 1. The molecule has 4 nitrogen and oxygen atoms in total. The highest BCUT2D eigenvalue weighted by molar-refractivity contribution is 7.90. The summed E-state index contributed by atoms with van der Waals surface area (Å²) >= 11 is 0. The molecule has 0 radical (unpaired) electrons. The Morgan fingerprint density at radius 2 is 1.80 bits per heavy atom. The second kappa shape index (κ2) is 4.80. The van der Waals surface area contributed by atoms with Crippen molar-refractivity contribution in [2.75, 3.05) is 26.3 Å². The Hall–Kier alpha value is -0.130. The lowest BCUT2D eigenvalue weighted by Gasteiger charge is -2.34. The lowest BCUT2D eigenvalue weighted by atomic mass is 10.1. The van der Waals surface area contributed by atoms with Gasteiger partial charge in [-0.25, -0.2) is 8.42 Å². The van der Waals surface area contributed by atoms with Crippen LogP contribution in [0.15, 0.2) is 0 Å². The van der Waals surface area contributed by atoms with Gasteiger partial charge < -0.3 is 4.74 Å². The van der Waals surface area contributed by atoms with Crippen molar-refractivity contribution in [1.82, 2.24) is 4.31 Å². The van der Waals surface area contributed by atoms with Gasteiger partial charge >= 0.3 is 0 Å². The van der Waals surface area contributed by atoms with Crippen molar-refractivity contribution < 1.29 is 13.2 Å². The third-order valence-electron chi connectivity index (χ3n) is 2.86. The van der Waals surface area contributed by atoms with E-state index in [9.17, 15) is 8.42 Å². The fourth-order valence-electron chi connectivity index (χ4n) is 1.87. The van der Waals surface area contributed by atoms with E-state index in [0.717, 1.165) is 6.42 Å². The summed E-state index contributed by atoms with van der Waals surface area (Å²) in [6.07, 6.45) is 1.59. The second-order valence-corrected chi connectivity index (χ2v) is 7.10. The van der Waals surface area contributed by atoms with E-state index in [1.165, 1.54) is 0 Å². The van der Waals surface area contributed by atoms with Crippen LogP contribution in [0.4, 0.5) is 0 Å². The van der Waals surface area contributed by atoms with Crippen LogP contribution in [0.1, 0.15) is 33.6 Å². The van der Waals surface area contributed by atoms with Crippen molar-refractivity contribution in [2.45, 2.75) is 38.4 Å². The smallest absolute Gasteiger partial charge is 0.219 e. The van der Waals surface area contributed by atoms with Crippen LogP contribution in [0.25, 0.3) is 0 Å². The van der Waals surface area contributed by atoms with Crippen LogP contribution in [0, 0.1) is 0 Å². The fraction of sp³-hybridized carbons (Fsp3) is 1.00. The molecule has 1 fully saturated rings. The maximum atomic E-state index is 12.3. The molecule has 0 bridgehead atoms. The van der Waals surface area contributed by atoms with Crippen molar-refractivity contribution >= 4 is 10.0 Å². The molecule has 0 unspecified atom stereocenters. The Kier molecular flexibility index (Phi) is 4.14. The van der Waals surface area contributed by atoms with Crippen molar-refractivity contribution in [3.63, 3.8) is 0 Å². The predicted molar refractivity (Wildman–Crippen MR) is 60.3 cm³/mol. The molecule has 0 spiro atoms. The standard InChI is InChI=1S/C10H21NO3S/c1-4-5-10(2,3)15(12,13)11-6-8-14-9-7-11/h4-9H2,1-3H3. The molecule has 1 saturated heterocycles. The summed E-state index contributed by atoms with van der Waals surface area (Å²) in [5.74, 6) is 0. The van der Waals surface area contributed by atoms with Crippen molar-refractivity contribution in [2.24, 2.45) is 0 Å². The summed E-state index contributed by atoms with van der Waals surface area (Å²) in [7, 11) is -3.17. The highest BCUT2D eigenvalue weighted by atomic mass is 32.2. The maximum absolute atomic E-state index is 12.3. The summed E-state index contributed by atoms with van der Waals surface area (Å²) in [6, 6.07) is 0. The minimum absolute atomic E-state index is 0.496. The number of ether oxygens (including phenoxy) is 1. The van der Waals surface area contributed by atoms with Crippen molar-refractivity contribution in [3.05, 3.63) is 0 Å². The molecule has 0 N–H and O–H groups in total. The van der Waals surface area contributed by atoms with E-state index in [0.29, 0.717) is 32.7 Å². The Labute approximate surface area is 92.7 Å². The fourth-order valence-corrected chi connectivity index (χ4v) is 3.66. The van der Waals surface area contributed by atoms with Crippen LogP contribution >= 0.6 is 0 Å². The Balaban J connectivity index is 2.80. The van der Waals surface area contributed by atoms with Gasteiger partial charge in [-0.05, 0) is 20.3 Å². The van der Waals surface area contributed by atoms with Crippen LogP contribution in [0.5, 0.6) is 0 Å². The number of hydrogen-bond donors (Lipinski definition) is 0. The van der Waals surface area contributed by atoms with Crippen molar-refractivity contribution in [3.8, 4) is 0 Å². The molecule has 1 aliphatic rings. The zero-order chi connectivity index (χ0) is 11.5. The summed E-state index contributed by atoms with van der Waals surface area (Å²) in [5.41, 5.74) is 0. The maximum Gasteiger partial charge on any atom is 0.219 e. The van der Waals surface area contributed by atoms with Gasteiger partial charge in [0.2, 0.25) is 10.0 Å². The third-order valence-corrected chi connectivity index (χ3v) is 5.51. The van der Waals surface area contributed by atoms with Gasteiger partial charge in [0.15, 0.2) is 0 Å². The molecule has 0 atom stereocenters. The van der Waals surface area contributed by atoms with Gasteiger partial charge in [0.25, 0.3) is 0 Å². The molecule has 1 aliphatic heterocycles. The van der Waals surface area contributed by atoms with E-state index in [4.69, 9.17) is 4.74 Å². The quantitative estimate of drug-likeness (QED) is 0.736. The van der Waals surface area contributed by atoms with Gasteiger partial charge in [-0.1, -0.05) is 13.3 Å². The van der Waals surface area contributed by atoms with E-state index < -0.39 is 14.8 Å². The minimum Gasteiger partial charge on any atom is -0.379 e. The van der Waals surface area contributed by atoms with Gasteiger partial charge in [0.05, 0.1) is 18.0 Å². The highest BCUT2D eigenvalue weighted by Gasteiger charge is 2.38. The zero-order valence-electron chi connectivity index (χ0n) is 9.82. The number of nitrogens with zero attached hydrogens (tertiary/aromatic N) is 1. The van der Waals surface area contributed by atoms with Gasteiger partial charge in [0, 0.05) is 13.1 Å². The summed E-state index contributed by atoms with van der Waals surface area (Å²) in [4.78, 5) is 0. The number of hydrogen-bond acceptors (Lipinski definition) is 3. The Morgan fingerprint density at radius 1 is 1.27 bits per heavy atom. The Morgan fingerprint density at radius 3 is 2.27 bits per heavy atom.